The Balaban J connectivity index is 1.62. The third-order valence-electron chi connectivity index (χ3n) is 4.98. The summed E-state index contributed by atoms with van der Waals surface area (Å²) in [5, 5.41) is 12.3. The van der Waals surface area contributed by atoms with Crippen LogP contribution < -0.4 is 5.32 Å². The topological polar surface area (TPSA) is 72.9 Å². The molecule has 0 radical (unpaired) electrons. The monoisotopic (exact) mass is 381 g/mol. The van der Waals surface area contributed by atoms with Gasteiger partial charge in [-0.1, -0.05) is 48.5 Å². The van der Waals surface area contributed by atoms with Crippen molar-refractivity contribution in [2.24, 2.45) is 5.92 Å². The molecule has 148 valence electrons. The third kappa shape index (κ3) is 5.33. The number of likely N-dealkylation sites (tertiary alicyclic amines) is 1. The summed E-state index contributed by atoms with van der Waals surface area (Å²) >= 11 is 0. The van der Waals surface area contributed by atoms with Crippen LogP contribution in [0.2, 0.25) is 0 Å². The smallest absolute Gasteiger partial charge is 0.321 e. The highest BCUT2D eigenvalue weighted by molar-refractivity contribution is 5.90. The molecule has 2 N–H and O–H groups in total. The van der Waals surface area contributed by atoms with Gasteiger partial charge in [-0.25, -0.2) is 4.79 Å². The summed E-state index contributed by atoms with van der Waals surface area (Å²) in [6.07, 6.45) is 1.54. The number of hydrogen-bond acceptors (Lipinski definition) is 3. The number of nitrogens with one attached hydrogen (secondary N) is 1. The normalized spacial score (nSPS) is 16.5. The minimum atomic E-state index is -0.245. The first-order valence-electron chi connectivity index (χ1n) is 9.72. The standard InChI is InChI=1S/C22H27N3O3/c26-15-14-24(16-18-8-3-1-4-9-18)21(27)19-10-7-13-25(17-19)22(28)23-20-11-5-2-6-12-20/h1-6,8-9,11-12,19,26H,7,10,13-17H2,(H,23,28). The molecule has 3 rings (SSSR count). The molecule has 1 aliphatic heterocycles. The number of nitrogens with zero attached hydrogens (tertiary/aromatic N) is 2. The van der Waals surface area contributed by atoms with Gasteiger partial charge in [-0.15, -0.1) is 0 Å². The highest BCUT2D eigenvalue weighted by atomic mass is 16.3. The molecule has 0 aliphatic carbocycles. The number of anilines is 1. The van der Waals surface area contributed by atoms with Crippen LogP contribution in [0.15, 0.2) is 60.7 Å². The molecular formula is C22H27N3O3. The van der Waals surface area contributed by atoms with Crippen LogP contribution in [0.5, 0.6) is 0 Å². The van der Waals surface area contributed by atoms with Gasteiger partial charge >= 0.3 is 6.03 Å². The first-order valence-corrected chi connectivity index (χ1v) is 9.72. The van der Waals surface area contributed by atoms with Crippen LogP contribution in [0.25, 0.3) is 0 Å². The summed E-state index contributed by atoms with van der Waals surface area (Å²) in [4.78, 5) is 29.0. The van der Waals surface area contributed by atoms with Gasteiger partial charge in [0.15, 0.2) is 0 Å². The Morgan fingerprint density at radius 2 is 1.75 bits per heavy atom. The van der Waals surface area contributed by atoms with Gasteiger partial charge in [0, 0.05) is 31.9 Å². The summed E-state index contributed by atoms with van der Waals surface area (Å²) < 4.78 is 0. The summed E-state index contributed by atoms with van der Waals surface area (Å²) in [5.41, 5.74) is 1.77. The van der Waals surface area contributed by atoms with Crippen LogP contribution in [0.4, 0.5) is 10.5 Å². The summed E-state index contributed by atoms with van der Waals surface area (Å²) in [6.45, 7) is 1.71. The average Bonchev–Trinajstić information content (AvgIpc) is 2.74. The molecule has 6 nitrogen and oxygen atoms in total. The predicted molar refractivity (Wildman–Crippen MR) is 109 cm³/mol. The maximum atomic E-state index is 13.1. The van der Waals surface area contributed by atoms with E-state index < -0.39 is 0 Å². The largest absolute Gasteiger partial charge is 0.395 e. The Bertz CT molecular complexity index is 767. The second-order valence-corrected chi connectivity index (χ2v) is 7.05. The zero-order valence-electron chi connectivity index (χ0n) is 16.0. The molecule has 0 aromatic heterocycles. The molecule has 1 atom stereocenters. The summed E-state index contributed by atoms with van der Waals surface area (Å²) in [5.74, 6) is -0.249. The molecule has 1 unspecified atom stereocenters. The number of aliphatic hydroxyl groups is 1. The van der Waals surface area contributed by atoms with E-state index in [4.69, 9.17) is 0 Å². The number of benzene rings is 2. The molecular weight excluding hydrogens is 354 g/mol. The fraction of sp³-hybridized carbons (Fsp3) is 0.364. The third-order valence-corrected chi connectivity index (χ3v) is 4.98. The van der Waals surface area contributed by atoms with Gasteiger partial charge in [0.05, 0.1) is 12.5 Å². The SMILES string of the molecule is O=C(Nc1ccccc1)N1CCCC(C(=O)N(CCO)Cc2ccccc2)C1. The van der Waals surface area contributed by atoms with Crippen LogP contribution in [-0.2, 0) is 11.3 Å². The van der Waals surface area contributed by atoms with Gasteiger partial charge in [0.2, 0.25) is 5.91 Å². The van der Waals surface area contributed by atoms with Crippen LogP contribution in [-0.4, -0.2) is 53.1 Å². The van der Waals surface area contributed by atoms with Crippen molar-refractivity contribution in [2.75, 3.05) is 31.6 Å². The number of hydrogen-bond donors (Lipinski definition) is 2. The molecule has 3 amide bonds. The van der Waals surface area contributed by atoms with Crippen molar-refractivity contribution in [1.82, 2.24) is 9.80 Å². The molecule has 6 heteroatoms. The lowest BCUT2D eigenvalue weighted by Crippen LogP contribution is -2.48. The molecule has 2 aromatic carbocycles. The van der Waals surface area contributed by atoms with Gasteiger partial charge in [0.25, 0.3) is 0 Å². The van der Waals surface area contributed by atoms with Crippen LogP contribution in [0, 0.1) is 5.92 Å². The van der Waals surface area contributed by atoms with Crippen molar-refractivity contribution >= 4 is 17.6 Å². The lowest BCUT2D eigenvalue weighted by atomic mass is 9.96. The van der Waals surface area contributed by atoms with Crippen LogP contribution in [0.1, 0.15) is 18.4 Å². The minimum Gasteiger partial charge on any atom is -0.395 e. The quantitative estimate of drug-likeness (QED) is 0.808. The van der Waals surface area contributed by atoms with Crippen molar-refractivity contribution in [3.05, 3.63) is 66.2 Å². The minimum absolute atomic E-state index is 0.00452. The Morgan fingerprint density at radius 3 is 2.43 bits per heavy atom. The van der Waals surface area contributed by atoms with Gasteiger partial charge in [0.1, 0.15) is 0 Å². The number of aliphatic hydroxyl groups excluding tert-OH is 1. The molecule has 0 bridgehead atoms. The Labute approximate surface area is 165 Å². The summed E-state index contributed by atoms with van der Waals surface area (Å²) in [7, 11) is 0. The van der Waals surface area contributed by atoms with Crippen molar-refractivity contribution in [3.8, 4) is 0 Å². The number of carbonyl (C=O) groups is 2. The maximum absolute atomic E-state index is 13.1. The van der Waals surface area contributed by atoms with E-state index in [9.17, 15) is 14.7 Å². The molecule has 1 saturated heterocycles. The highest BCUT2D eigenvalue weighted by Gasteiger charge is 2.31. The molecule has 1 heterocycles. The van der Waals surface area contributed by atoms with Crippen molar-refractivity contribution < 1.29 is 14.7 Å². The van der Waals surface area contributed by atoms with E-state index >= 15 is 0 Å². The molecule has 0 saturated carbocycles. The number of rotatable bonds is 6. The maximum Gasteiger partial charge on any atom is 0.321 e. The Morgan fingerprint density at radius 1 is 1.07 bits per heavy atom. The van der Waals surface area contributed by atoms with E-state index in [1.165, 1.54) is 0 Å². The lowest BCUT2D eigenvalue weighted by Gasteiger charge is -2.35. The zero-order valence-corrected chi connectivity index (χ0v) is 16.0. The predicted octanol–water partition coefficient (Wildman–Crippen LogP) is 2.95. The van der Waals surface area contributed by atoms with E-state index in [2.05, 4.69) is 5.32 Å². The van der Waals surface area contributed by atoms with Gasteiger partial charge in [-0.2, -0.15) is 0 Å². The fourth-order valence-electron chi connectivity index (χ4n) is 3.54. The van der Waals surface area contributed by atoms with Gasteiger partial charge < -0.3 is 20.2 Å². The summed E-state index contributed by atoms with van der Waals surface area (Å²) in [6, 6.07) is 18.9. The number of amides is 3. The van der Waals surface area contributed by atoms with Crippen molar-refractivity contribution in [2.45, 2.75) is 19.4 Å². The number of urea groups is 1. The average molecular weight is 381 g/mol. The van der Waals surface area contributed by atoms with E-state index in [0.29, 0.717) is 26.2 Å². The van der Waals surface area contributed by atoms with Gasteiger partial charge in [-0.05, 0) is 30.5 Å². The molecule has 0 spiro atoms. The molecule has 1 aliphatic rings. The zero-order chi connectivity index (χ0) is 19.8. The first-order chi connectivity index (χ1) is 13.7. The molecule has 28 heavy (non-hydrogen) atoms. The lowest BCUT2D eigenvalue weighted by molar-refractivity contribution is -0.138. The molecule has 2 aromatic rings. The van der Waals surface area contributed by atoms with Crippen molar-refractivity contribution in [3.63, 3.8) is 0 Å². The van der Waals surface area contributed by atoms with Crippen molar-refractivity contribution in [1.29, 1.82) is 0 Å². The number of para-hydroxylation sites is 1. The van der Waals surface area contributed by atoms with E-state index in [0.717, 1.165) is 24.1 Å². The fourth-order valence-corrected chi connectivity index (χ4v) is 3.54. The van der Waals surface area contributed by atoms with E-state index in [1.54, 1.807) is 9.80 Å². The van der Waals surface area contributed by atoms with Crippen LogP contribution >= 0.6 is 0 Å². The first kappa shape index (κ1) is 19.9. The Kier molecular flexibility index (Phi) is 7.03. The van der Waals surface area contributed by atoms with Gasteiger partial charge in [-0.3, -0.25) is 4.79 Å². The van der Waals surface area contributed by atoms with Crippen LogP contribution in [0.3, 0.4) is 0 Å². The highest BCUT2D eigenvalue weighted by Crippen LogP contribution is 2.21. The number of piperidine rings is 1. The second kappa shape index (κ2) is 9.90. The van der Waals surface area contributed by atoms with E-state index in [-0.39, 0.29) is 24.5 Å². The molecule has 1 fully saturated rings. The number of carbonyl (C=O) groups excluding carboxylic acids is 2. The van der Waals surface area contributed by atoms with E-state index in [1.807, 2.05) is 60.7 Å². The Hall–Kier alpha value is -2.86. The second-order valence-electron chi connectivity index (χ2n) is 7.05.